The first-order chi connectivity index (χ1) is 13.2. The first-order valence-corrected chi connectivity index (χ1v) is 9.18. The molecule has 1 fully saturated rings. The zero-order valence-electron chi connectivity index (χ0n) is 15.7. The Bertz CT molecular complexity index is 1080. The van der Waals surface area contributed by atoms with E-state index in [1.54, 1.807) is 6.07 Å². The van der Waals surface area contributed by atoms with Gasteiger partial charge in [0.25, 0.3) is 0 Å². The number of ketones is 2. The van der Waals surface area contributed by atoms with Crippen molar-refractivity contribution < 1.29 is 28.6 Å². The van der Waals surface area contributed by atoms with Crippen molar-refractivity contribution in [3.8, 4) is 5.75 Å². The van der Waals surface area contributed by atoms with E-state index >= 15 is 0 Å². The maximum atomic E-state index is 13.3. The van der Waals surface area contributed by atoms with E-state index in [2.05, 4.69) is 0 Å². The van der Waals surface area contributed by atoms with Crippen LogP contribution in [0.4, 0.5) is 0 Å². The monoisotopic (exact) mass is 378 g/mol. The van der Waals surface area contributed by atoms with Crippen LogP contribution in [0.1, 0.15) is 69.8 Å². The van der Waals surface area contributed by atoms with Crippen LogP contribution in [0.2, 0.25) is 0 Å². The van der Waals surface area contributed by atoms with Gasteiger partial charge in [0, 0.05) is 35.6 Å². The van der Waals surface area contributed by atoms with Crippen molar-refractivity contribution in [3.05, 3.63) is 63.7 Å². The summed E-state index contributed by atoms with van der Waals surface area (Å²) in [6.45, 7) is 5.02. The van der Waals surface area contributed by atoms with Gasteiger partial charge < -0.3 is 14.2 Å². The second kappa shape index (κ2) is 5.59. The third-order valence-electron chi connectivity index (χ3n) is 5.46. The van der Waals surface area contributed by atoms with Crippen LogP contribution in [0.5, 0.6) is 5.75 Å². The summed E-state index contributed by atoms with van der Waals surface area (Å²) in [6.07, 6.45) is 0.102. The molecule has 2 aromatic carbocycles. The van der Waals surface area contributed by atoms with Crippen LogP contribution in [0.25, 0.3) is 0 Å². The highest BCUT2D eigenvalue weighted by atomic mass is 16.8. The van der Waals surface area contributed by atoms with Crippen molar-refractivity contribution in [1.29, 1.82) is 0 Å². The molecule has 5 rings (SSSR count). The van der Waals surface area contributed by atoms with Gasteiger partial charge in [0.1, 0.15) is 11.9 Å². The lowest BCUT2D eigenvalue weighted by atomic mass is 9.80. The van der Waals surface area contributed by atoms with Crippen LogP contribution < -0.4 is 4.74 Å². The molecule has 2 unspecified atom stereocenters. The lowest BCUT2D eigenvalue weighted by molar-refractivity contribution is -0.148. The zero-order chi connectivity index (χ0) is 19.8. The molecule has 6 heteroatoms. The number of hydrogen-bond donors (Lipinski definition) is 0. The van der Waals surface area contributed by atoms with Crippen LogP contribution >= 0.6 is 0 Å². The van der Waals surface area contributed by atoms with E-state index in [9.17, 15) is 14.4 Å². The van der Waals surface area contributed by atoms with E-state index in [1.807, 2.05) is 19.9 Å². The van der Waals surface area contributed by atoms with Crippen LogP contribution in [-0.2, 0) is 20.7 Å². The summed E-state index contributed by atoms with van der Waals surface area (Å²) in [7, 11) is 0. The number of esters is 1. The average Bonchev–Trinajstić information content (AvgIpc) is 3.10. The molecule has 1 saturated heterocycles. The summed E-state index contributed by atoms with van der Waals surface area (Å²) >= 11 is 0. The molecule has 3 aliphatic rings. The summed E-state index contributed by atoms with van der Waals surface area (Å²) in [4.78, 5) is 37.6. The van der Waals surface area contributed by atoms with E-state index < -0.39 is 11.8 Å². The van der Waals surface area contributed by atoms with E-state index in [1.165, 1.54) is 25.1 Å². The minimum Gasteiger partial charge on any atom is -0.427 e. The molecular formula is C22H18O6. The standard InChI is InChI=1S/C22H18O6/c1-10(23)26-11-4-5-12-16(8-11)20(25)18-14(19(12)24)7-6-13-15(18)9-17-21(13)28-22(2,3)27-17/h4-8,17,21H,9H2,1-3H3. The topological polar surface area (TPSA) is 78.9 Å². The molecular weight excluding hydrogens is 360 g/mol. The van der Waals surface area contributed by atoms with Gasteiger partial charge in [-0.3, -0.25) is 14.4 Å². The molecule has 1 heterocycles. The second-order valence-corrected chi connectivity index (χ2v) is 7.81. The number of rotatable bonds is 1. The molecule has 2 atom stereocenters. The molecule has 6 nitrogen and oxygen atoms in total. The summed E-state index contributed by atoms with van der Waals surface area (Å²) in [5.41, 5.74) is 3.09. The Labute approximate surface area is 161 Å². The Hall–Kier alpha value is -2.83. The van der Waals surface area contributed by atoms with Gasteiger partial charge in [-0.25, -0.2) is 0 Å². The molecule has 2 aliphatic carbocycles. The van der Waals surface area contributed by atoms with Gasteiger partial charge in [-0.1, -0.05) is 6.07 Å². The fourth-order valence-corrected chi connectivity index (χ4v) is 4.47. The number of carbonyl (C=O) groups excluding carboxylic acids is 3. The summed E-state index contributed by atoms with van der Waals surface area (Å²) in [6, 6.07) is 8.10. The third-order valence-corrected chi connectivity index (χ3v) is 5.46. The number of hydrogen-bond acceptors (Lipinski definition) is 6. The first kappa shape index (κ1) is 17.3. The first-order valence-electron chi connectivity index (χ1n) is 9.18. The van der Waals surface area contributed by atoms with Gasteiger partial charge in [-0.15, -0.1) is 0 Å². The minimum absolute atomic E-state index is 0.173. The quantitative estimate of drug-likeness (QED) is 0.478. The highest BCUT2D eigenvalue weighted by Crippen LogP contribution is 2.48. The predicted octanol–water partition coefficient (Wildman–Crippen LogP) is 3.14. The van der Waals surface area contributed by atoms with Crippen LogP contribution in [-0.4, -0.2) is 29.4 Å². The molecule has 1 aliphatic heterocycles. The van der Waals surface area contributed by atoms with Gasteiger partial charge in [-0.2, -0.15) is 0 Å². The van der Waals surface area contributed by atoms with Crippen LogP contribution in [0.15, 0.2) is 30.3 Å². The summed E-state index contributed by atoms with van der Waals surface area (Å²) in [5, 5.41) is 0. The maximum Gasteiger partial charge on any atom is 0.308 e. The fourth-order valence-electron chi connectivity index (χ4n) is 4.47. The van der Waals surface area contributed by atoms with Crippen molar-refractivity contribution in [2.75, 3.05) is 0 Å². The highest BCUT2D eigenvalue weighted by Gasteiger charge is 2.49. The van der Waals surface area contributed by atoms with Crippen LogP contribution in [0, 0.1) is 0 Å². The Kier molecular flexibility index (Phi) is 3.45. The van der Waals surface area contributed by atoms with E-state index in [-0.39, 0.29) is 35.1 Å². The number of carbonyl (C=O) groups is 3. The molecule has 0 radical (unpaired) electrons. The molecule has 0 spiro atoms. The summed E-state index contributed by atoms with van der Waals surface area (Å²) in [5.74, 6) is -1.36. The highest BCUT2D eigenvalue weighted by molar-refractivity contribution is 6.29. The Morgan fingerprint density at radius 3 is 2.54 bits per heavy atom. The molecule has 0 aromatic heterocycles. The number of ether oxygens (including phenoxy) is 3. The van der Waals surface area contributed by atoms with Crippen molar-refractivity contribution in [1.82, 2.24) is 0 Å². The van der Waals surface area contributed by atoms with Crippen molar-refractivity contribution in [2.45, 2.75) is 45.2 Å². The van der Waals surface area contributed by atoms with Gasteiger partial charge in [-0.05, 0) is 49.2 Å². The number of fused-ring (bicyclic) bond motifs is 6. The minimum atomic E-state index is -0.672. The molecule has 0 N–H and O–H groups in total. The van der Waals surface area contributed by atoms with E-state index in [4.69, 9.17) is 14.2 Å². The Morgan fingerprint density at radius 1 is 1.04 bits per heavy atom. The largest absolute Gasteiger partial charge is 0.427 e. The predicted molar refractivity (Wildman–Crippen MR) is 97.5 cm³/mol. The van der Waals surface area contributed by atoms with Gasteiger partial charge in [0.05, 0.1) is 6.10 Å². The van der Waals surface area contributed by atoms with Crippen LogP contribution in [0.3, 0.4) is 0 Å². The molecule has 142 valence electrons. The summed E-state index contributed by atoms with van der Waals surface area (Å²) < 4.78 is 17.1. The Morgan fingerprint density at radius 2 is 1.79 bits per heavy atom. The van der Waals surface area contributed by atoms with E-state index in [0.29, 0.717) is 23.1 Å². The van der Waals surface area contributed by atoms with Crippen molar-refractivity contribution >= 4 is 17.5 Å². The Balaban J connectivity index is 1.63. The van der Waals surface area contributed by atoms with Gasteiger partial charge in [0.15, 0.2) is 17.4 Å². The molecule has 2 aromatic rings. The normalized spacial score (nSPS) is 23.7. The van der Waals surface area contributed by atoms with Gasteiger partial charge in [0.2, 0.25) is 0 Å². The lowest BCUT2D eigenvalue weighted by Crippen LogP contribution is -2.25. The van der Waals surface area contributed by atoms with E-state index in [0.717, 1.165) is 11.1 Å². The number of benzene rings is 2. The SMILES string of the molecule is CC(=O)Oc1ccc2c(c1)C(=O)c1c(ccc3c1CC1OC(C)(C)OC31)C2=O. The average molecular weight is 378 g/mol. The maximum absolute atomic E-state index is 13.3. The van der Waals surface area contributed by atoms with Crippen molar-refractivity contribution in [3.63, 3.8) is 0 Å². The molecule has 0 amide bonds. The zero-order valence-corrected chi connectivity index (χ0v) is 15.7. The smallest absolute Gasteiger partial charge is 0.308 e. The lowest BCUT2D eigenvalue weighted by Gasteiger charge is -2.23. The van der Waals surface area contributed by atoms with Crippen molar-refractivity contribution in [2.24, 2.45) is 0 Å². The second-order valence-electron chi connectivity index (χ2n) is 7.81. The molecule has 28 heavy (non-hydrogen) atoms. The fraction of sp³-hybridized carbons (Fsp3) is 0.318. The molecule has 0 bridgehead atoms. The third kappa shape index (κ3) is 2.38. The van der Waals surface area contributed by atoms with Gasteiger partial charge >= 0.3 is 5.97 Å². The molecule has 0 saturated carbocycles.